The van der Waals surface area contributed by atoms with E-state index in [1.165, 1.54) is 0 Å². The van der Waals surface area contributed by atoms with E-state index in [9.17, 15) is 4.79 Å². The summed E-state index contributed by atoms with van der Waals surface area (Å²) >= 11 is 12.3. The Morgan fingerprint density at radius 2 is 1.93 bits per heavy atom. The van der Waals surface area contributed by atoms with E-state index in [4.69, 9.17) is 27.9 Å². The van der Waals surface area contributed by atoms with Crippen LogP contribution in [0.2, 0.25) is 10.0 Å². The molecule has 0 atom stereocenters. The number of amides is 1. The normalized spacial score (nSPS) is 10.9. The molecule has 3 aromatic rings. The van der Waals surface area contributed by atoms with Gasteiger partial charge in [-0.1, -0.05) is 23.2 Å². The lowest BCUT2D eigenvalue weighted by Gasteiger charge is -2.16. The second kappa shape index (κ2) is 8.24. The first-order valence-electron chi connectivity index (χ1n) is 8.61. The predicted molar refractivity (Wildman–Crippen MR) is 108 cm³/mol. The van der Waals surface area contributed by atoms with Gasteiger partial charge in [-0.25, -0.2) is 4.68 Å². The summed E-state index contributed by atoms with van der Waals surface area (Å²) < 4.78 is 8.98. The van der Waals surface area contributed by atoms with Gasteiger partial charge in [-0.05, 0) is 43.2 Å². The number of nitrogens with zero attached hydrogens (tertiary/aromatic N) is 5. The van der Waals surface area contributed by atoms with Crippen molar-refractivity contribution in [2.24, 2.45) is 7.05 Å². The van der Waals surface area contributed by atoms with Crippen LogP contribution in [0.3, 0.4) is 0 Å². The molecule has 0 bridgehead atoms. The van der Waals surface area contributed by atoms with Crippen molar-refractivity contribution in [2.75, 3.05) is 7.05 Å². The molecular weight excluding hydrogens is 401 g/mol. The predicted octanol–water partition coefficient (Wildman–Crippen LogP) is 3.85. The Labute approximate surface area is 173 Å². The van der Waals surface area contributed by atoms with Crippen LogP contribution in [0.4, 0.5) is 0 Å². The second-order valence-corrected chi connectivity index (χ2v) is 7.39. The summed E-state index contributed by atoms with van der Waals surface area (Å²) in [5.74, 6) is 0.486. The topological polar surface area (TPSA) is 65.2 Å². The van der Waals surface area contributed by atoms with Crippen molar-refractivity contribution in [3.05, 3.63) is 63.2 Å². The number of hydrogen-bond acceptors (Lipinski definition) is 4. The molecule has 0 fully saturated rings. The Morgan fingerprint density at radius 1 is 1.25 bits per heavy atom. The first-order valence-corrected chi connectivity index (χ1v) is 9.36. The third-order valence-corrected chi connectivity index (χ3v) is 5.29. The molecule has 0 aliphatic rings. The Balaban J connectivity index is 1.64. The molecule has 0 aliphatic heterocycles. The maximum Gasteiger partial charge on any atom is 0.274 e. The number of halogens is 2. The monoisotopic (exact) mass is 421 g/mol. The van der Waals surface area contributed by atoms with Gasteiger partial charge in [0.15, 0.2) is 12.4 Å². The molecule has 1 amide bonds. The van der Waals surface area contributed by atoms with E-state index >= 15 is 0 Å². The van der Waals surface area contributed by atoms with E-state index in [-0.39, 0.29) is 12.6 Å². The van der Waals surface area contributed by atoms with Crippen molar-refractivity contribution in [3.63, 3.8) is 0 Å². The number of aryl methyl sites for hydroxylation is 3. The van der Waals surface area contributed by atoms with E-state index < -0.39 is 0 Å². The summed E-state index contributed by atoms with van der Waals surface area (Å²) in [7, 11) is 3.48. The molecule has 148 valence electrons. The number of ether oxygens (including phenoxy) is 1. The molecule has 0 spiro atoms. The van der Waals surface area contributed by atoms with Crippen molar-refractivity contribution in [1.82, 2.24) is 24.5 Å². The zero-order chi connectivity index (χ0) is 20.4. The van der Waals surface area contributed by atoms with Crippen LogP contribution in [0, 0.1) is 13.8 Å². The minimum absolute atomic E-state index is 0.186. The quantitative estimate of drug-likeness (QED) is 0.606. The third-order valence-electron chi connectivity index (χ3n) is 4.38. The van der Waals surface area contributed by atoms with Crippen LogP contribution in [-0.4, -0.2) is 37.4 Å². The molecule has 0 aliphatic carbocycles. The fourth-order valence-electron chi connectivity index (χ4n) is 2.78. The summed E-state index contributed by atoms with van der Waals surface area (Å²) in [4.78, 5) is 14.2. The van der Waals surface area contributed by atoms with Gasteiger partial charge in [0.2, 0.25) is 0 Å². The van der Waals surface area contributed by atoms with Gasteiger partial charge in [0, 0.05) is 25.3 Å². The maximum atomic E-state index is 12.6. The summed E-state index contributed by atoms with van der Waals surface area (Å²) in [6.45, 7) is 4.38. The molecule has 3 rings (SSSR count). The number of carbonyl (C=O) groups is 1. The number of benzene rings is 1. The fourth-order valence-corrected chi connectivity index (χ4v) is 3.12. The van der Waals surface area contributed by atoms with Crippen molar-refractivity contribution in [3.8, 4) is 5.75 Å². The lowest BCUT2D eigenvalue weighted by molar-refractivity contribution is 0.0774. The van der Waals surface area contributed by atoms with Gasteiger partial charge < -0.3 is 9.64 Å². The van der Waals surface area contributed by atoms with E-state index in [0.29, 0.717) is 23.0 Å². The second-order valence-electron chi connectivity index (χ2n) is 6.61. The van der Waals surface area contributed by atoms with E-state index in [0.717, 1.165) is 21.8 Å². The lowest BCUT2D eigenvalue weighted by atomic mass is 10.1. The molecular formula is C19H21Cl2N5O2. The van der Waals surface area contributed by atoms with Crippen LogP contribution >= 0.6 is 23.2 Å². The van der Waals surface area contributed by atoms with Gasteiger partial charge >= 0.3 is 0 Å². The summed E-state index contributed by atoms with van der Waals surface area (Å²) in [5, 5.41) is 9.64. The number of aromatic nitrogens is 4. The van der Waals surface area contributed by atoms with Crippen molar-refractivity contribution in [1.29, 1.82) is 0 Å². The van der Waals surface area contributed by atoms with Crippen LogP contribution in [-0.2, 0) is 20.3 Å². The minimum Gasteiger partial charge on any atom is -0.471 e. The van der Waals surface area contributed by atoms with E-state index in [2.05, 4.69) is 10.2 Å². The van der Waals surface area contributed by atoms with Crippen LogP contribution in [0.25, 0.3) is 0 Å². The average Bonchev–Trinajstić information content (AvgIpc) is 3.25. The lowest BCUT2D eigenvalue weighted by Crippen LogP contribution is -2.28. The van der Waals surface area contributed by atoms with Crippen molar-refractivity contribution in [2.45, 2.75) is 27.1 Å². The first-order chi connectivity index (χ1) is 13.3. The standard InChI is InChI=1S/C19H21Cl2N5O2/c1-12-7-14(8-13(2)18(12)21)28-11-26-6-5-16(23-26)19(27)24(3)10-17-15(20)9-22-25(17)4/h5-9H,10-11H2,1-4H3. The Kier molecular flexibility index (Phi) is 5.96. The fraction of sp³-hybridized carbons (Fsp3) is 0.316. The Morgan fingerprint density at radius 3 is 2.54 bits per heavy atom. The molecule has 0 unspecified atom stereocenters. The van der Waals surface area contributed by atoms with Gasteiger partial charge in [-0.3, -0.25) is 9.48 Å². The molecule has 28 heavy (non-hydrogen) atoms. The average molecular weight is 422 g/mol. The van der Waals surface area contributed by atoms with Crippen LogP contribution in [0.15, 0.2) is 30.6 Å². The molecule has 0 saturated carbocycles. The molecule has 0 saturated heterocycles. The summed E-state index contributed by atoms with van der Waals surface area (Å²) in [6, 6.07) is 5.40. The highest BCUT2D eigenvalue weighted by atomic mass is 35.5. The highest BCUT2D eigenvalue weighted by Crippen LogP contribution is 2.26. The molecule has 9 heteroatoms. The van der Waals surface area contributed by atoms with Gasteiger partial charge in [0.1, 0.15) is 5.75 Å². The zero-order valence-electron chi connectivity index (χ0n) is 16.1. The maximum absolute atomic E-state index is 12.6. The first kappa shape index (κ1) is 20.2. The molecule has 7 nitrogen and oxygen atoms in total. The Hall–Kier alpha value is -2.51. The van der Waals surface area contributed by atoms with Gasteiger partial charge in [0.05, 0.1) is 23.5 Å². The molecule has 1 aromatic carbocycles. The molecule has 0 N–H and O–H groups in total. The SMILES string of the molecule is Cc1cc(OCn2ccc(C(=O)N(C)Cc3c(Cl)cnn3C)n2)cc(C)c1Cl. The highest BCUT2D eigenvalue weighted by Gasteiger charge is 2.18. The summed E-state index contributed by atoms with van der Waals surface area (Å²) in [5.41, 5.74) is 2.98. The third kappa shape index (κ3) is 4.31. The van der Waals surface area contributed by atoms with Crippen molar-refractivity contribution >= 4 is 29.1 Å². The molecule has 2 aromatic heterocycles. The number of hydrogen-bond donors (Lipinski definition) is 0. The van der Waals surface area contributed by atoms with E-state index in [1.807, 2.05) is 26.0 Å². The highest BCUT2D eigenvalue weighted by molar-refractivity contribution is 6.32. The largest absolute Gasteiger partial charge is 0.471 e. The smallest absolute Gasteiger partial charge is 0.274 e. The van der Waals surface area contributed by atoms with E-state index in [1.54, 1.807) is 46.8 Å². The molecule has 2 heterocycles. The zero-order valence-corrected chi connectivity index (χ0v) is 17.6. The van der Waals surface area contributed by atoms with Crippen LogP contribution in [0.5, 0.6) is 5.75 Å². The van der Waals surface area contributed by atoms with Crippen LogP contribution < -0.4 is 4.74 Å². The van der Waals surface area contributed by atoms with Gasteiger partial charge in [0.25, 0.3) is 5.91 Å². The van der Waals surface area contributed by atoms with Gasteiger partial charge in [-0.2, -0.15) is 10.2 Å². The van der Waals surface area contributed by atoms with Gasteiger partial charge in [-0.15, -0.1) is 0 Å². The summed E-state index contributed by atoms with van der Waals surface area (Å²) in [6.07, 6.45) is 3.26. The number of rotatable bonds is 6. The van der Waals surface area contributed by atoms with Crippen molar-refractivity contribution < 1.29 is 9.53 Å². The minimum atomic E-state index is -0.214. The molecule has 0 radical (unpaired) electrons. The van der Waals surface area contributed by atoms with Crippen LogP contribution in [0.1, 0.15) is 27.3 Å². The number of carbonyl (C=O) groups excluding carboxylic acids is 1. The Bertz CT molecular complexity index is 969.